The molecule has 0 unspecified atom stereocenters. The largest absolute Gasteiger partial charge is 0.484 e. The molecule has 5 nitrogen and oxygen atoms in total. The van der Waals surface area contributed by atoms with Gasteiger partial charge in [0, 0.05) is 23.1 Å². The van der Waals surface area contributed by atoms with Gasteiger partial charge in [0.15, 0.2) is 6.61 Å². The van der Waals surface area contributed by atoms with Crippen molar-refractivity contribution >= 4 is 35.0 Å². The molecular weight excluding hydrogens is 435 g/mol. The van der Waals surface area contributed by atoms with E-state index in [2.05, 4.69) is 19.2 Å². The summed E-state index contributed by atoms with van der Waals surface area (Å²) in [5.74, 6) is 0.489. The monoisotopic (exact) mass is 464 g/mol. The summed E-state index contributed by atoms with van der Waals surface area (Å²) in [5.41, 5.74) is 1.90. The molecule has 0 saturated carbocycles. The number of rotatable bonds is 10. The number of benzene rings is 2. The van der Waals surface area contributed by atoms with Crippen molar-refractivity contribution in [2.24, 2.45) is 0 Å². The zero-order chi connectivity index (χ0) is 23.0. The van der Waals surface area contributed by atoms with Gasteiger partial charge < -0.3 is 15.0 Å². The average molecular weight is 465 g/mol. The van der Waals surface area contributed by atoms with Crippen LogP contribution in [-0.2, 0) is 16.1 Å². The maximum absolute atomic E-state index is 13.0. The number of carbonyl (C=O) groups is 2. The van der Waals surface area contributed by atoms with Crippen LogP contribution in [0.4, 0.5) is 0 Å². The van der Waals surface area contributed by atoms with Crippen LogP contribution in [0.25, 0.3) is 0 Å². The van der Waals surface area contributed by atoms with Gasteiger partial charge in [0.05, 0.1) is 0 Å². The van der Waals surface area contributed by atoms with E-state index in [1.165, 1.54) is 10.5 Å². The first-order valence-electron chi connectivity index (χ1n) is 10.5. The van der Waals surface area contributed by atoms with E-state index in [0.717, 1.165) is 6.42 Å². The van der Waals surface area contributed by atoms with Crippen LogP contribution < -0.4 is 10.1 Å². The molecule has 1 atom stereocenters. The first-order valence-corrected chi connectivity index (χ1v) is 11.2. The Morgan fingerprint density at radius 3 is 2.32 bits per heavy atom. The number of hydrogen-bond donors (Lipinski definition) is 1. The summed E-state index contributed by atoms with van der Waals surface area (Å²) in [7, 11) is 0. The normalized spacial score (nSPS) is 11.8. The van der Waals surface area contributed by atoms with Gasteiger partial charge in [0.25, 0.3) is 5.91 Å². The van der Waals surface area contributed by atoms with Crippen molar-refractivity contribution in [2.75, 3.05) is 13.2 Å². The summed E-state index contributed by atoms with van der Waals surface area (Å²) < 4.78 is 5.70. The van der Waals surface area contributed by atoms with Crippen molar-refractivity contribution in [1.82, 2.24) is 10.2 Å². The fraction of sp³-hybridized carbons (Fsp3) is 0.417. The number of hydrogen-bond acceptors (Lipinski definition) is 3. The number of carbonyl (C=O) groups excluding carboxylic acids is 2. The smallest absolute Gasteiger partial charge is 0.261 e. The molecule has 1 N–H and O–H groups in total. The highest BCUT2D eigenvalue weighted by Gasteiger charge is 2.27. The minimum absolute atomic E-state index is 0.172. The van der Waals surface area contributed by atoms with Gasteiger partial charge in [0.2, 0.25) is 5.91 Å². The van der Waals surface area contributed by atoms with Gasteiger partial charge in [0.1, 0.15) is 11.8 Å². The van der Waals surface area contributed by atoms with Gasteiger partial charge in [-0.15, -0.1) is 0 Å². The Kier molecular flexibility index (Phi) is 9.66. The standard InChI is InChI=1S/C24H30Cl2N2O3/c1-5-12-27-24(30)17(4)28(14-19-6-9-20(25)13-22(19)26)23(29)15-31-21-10-7-18(8-11-21)16(2)3/h6-11,13,16-17H,5,12,14-15H2,1-4H3,(H,27,30)/t17-/m1/s1. The highest BCUT2D eigenvalue weighted by molar-refractivity contribution is 6.35. The third-order valence-electron chi connectivity index (χ3n) is 4.98. The molecule has 2 amide bonds. The van der Waals surface area contributed by atoms with E-state index in [0.29, 0.717) is 33.8 Å². The van der Waals surface area contributed by atoms with E-state index >= 15 is 0 Å². The molecule has 0 heterocycles. The van der Waals surface area contributed by atoms with Crippen molar-refractivity contribution in [3.63, 3.8) is 0 Å². The lowest BCUT2D eigenvalue weighted by atomic mass is 10.0. The Labute approximate surface area is 194 Å². The predicted molar refractivity (Wildman–Crippen MR) is 126 cm³/mol. The highest BCUT2D eigenvalue weighted by atomic mass is 35.5. The topological polar surface area (TPSA) is 58.6 Å². The second-order valence-electron chi connectivity index (χ2n) is 7.74. The van der Waals surface area contributed by atoms with Crippen LogP contribution in [0.5, 0.6) is 5.75 Å². The highest BCUT2D eigenvalue weighted by Crippen LogP contribution is 2.24. The van der Waals surface area contributed by atoms with Gasteiger partial charge in [-0.05, 0) is 54.7 Å². The van der Waals surface area contributed by atoms with E-state index in [4.69, 9.17) is 27.9 Å². The second-order valence-corrected chi connectivity index (χ2v) is 8.58. The molecule has 0 aromatic heterocycles. The van der Waals surface area contributed by atoms with E-state index in [-0.39, 0.29) is 25.0 Å². The summed E-state index contributed by atoms with van der Waals surface area (Å²) in [4.78, 5) is 27.1. The number of nitrogens with zero attached hydrogens (tertiary/aromatic N) is 1. The minimum atomic E-state index is -0.683. The van der Waals surface area contributed by atoms with Gasteiger partial charge in [-0.25, -0.2) is 0 Å². The maximum atomic E-state index is 13.0. The number of nitrogens with one attached hydrogen (secondary N) is 1. The SMILES string of the molecule is CCCNC(=O)[C@@H](C)N(Cc1ccc(Cl)cc1Cl)C(=O)COc1ccc(C(C)C)cc1. The lowest BCUT2D eigenvalue weighted by Crippen LogP contribution is -2.49. The van der Waals surface area contributed by atoms with Crippen molar-refractivity contribution in [1.29, 1.82) is 0 Å². The third kappa shape index (κ3) is 7.44. The summed E-state index contributed by atoms with van der Waals surface area (Å²) in [6, 6.07) is 12.1. The Hall–Kier alpha value is -2.24. The Balaban J connectivity index is 2.15. The van der Waals surface area contributed by atoms with Crippen molar-refractivity contribution < 1.29 is 14.3 Å². The molecule has 2 aromatic rings. The molecule has 31 heavy (non-hydrogen) atoms. The van der Waals surface area contributed by atoms with Gasteiger partial charge in [-0.1, -0.05) is 62.2 Å². The molecule has 0 aliphatic rings. The van der Waals surface area contributed by atoms with Gasteiger partial charge >= 0.3 is 0 Å². The van der Waals surface area contributed by atoms with Crippen LogP contribution in [-0.4, -0.2) is 35.9 Å². The van der Waals surface area contributed by atoms with Crippen LogP contribution in [0.15, 0.2) is 42.5 Å². The molecule has 0 bridgehead atoms. The van der Waals surface area contributed by atoms with Crippen molar-refractivity contribution in [3.05, 3.63) is 63.6 Å². The van der Waals surface area contributed by atoms with E-state index in [9.17, 15) is 9.59 Å². The zero-order valence-electron chi connectivity index (χ0n) is 18.5. The molecule has 0 radical (unpaired) electrons. The van der Waals surface area contributed by atoms with Crippen LogP contribution in [0.1, 0.15) is 51.2 Å². The number of ether oxygens (including phenoxy) is 1. The van der Waals surface area contributed by atoms with Crippen LogP contribution >= 0.6 is 23.2 Å². The summed E-state index contributed by atoms with van der Waals surface area (Å²) in [5, 5.41) is 3.79. The molecule has 0 saturated heterocycles. The minimum Gasteiger partial charge on any atom is -0.484 e. The molecule has 0 aliphatic heterocycles. The first-order chi connectivity index (χ1) is 14.7. The average Bonchev–Trinajstić information content (AvgIpc) is 2.75. The molecule has 0 fully saturated rings. The Bertz CT molecular complexity index is 885. The molecule has 0 aliphatic carbocycles. The molecule has 168 valence electrons. The van der Waals surface area contributed by atoms with E-state index < -0.39 is 6.04 Å². The van der Waals surface area contributed by atoms with E-state index in [1.54, 1.807) is 25.1 Å². The van der Waals surface area contributed by atoms with Crippen LogP contribution in [0.3, 0.4) is 0 Å². The Morgan fingerprint density at radius 2 is 1.74 bits per heavy atom. The lowest BCUT2D eigenvalue weighted by Gasteiger charge is -2.29. The van der Waals surface area contributed by atoms with Crippen LogP contribution in [0, 0.1) is 0 Å². The van der Waals surface area contributed by atoms with Crippen LogP contribution in [0.2, 0.25) is 10.0 Å². The molecular formula is C24H30Cl2N2O3. The van der Waals surface area contributed by atoms with Crippen molar-refractivity contribution in [2.45, 2.75) is 52.6 Å². The van der Waals surface area contributed by atoms with E-state index in [1.807, 2.05) is 31.2 Å². The quantitative estimate of drug-likeness (QED) is 0.509. The fourth-order valence-corrected chi connectivity index (χ4v) is 3.46. The predicted octanol–water partition coefficient (Wildman–Crippen LogP) is 5.44. The number of halogens is 2. The molecule has 2 rings (SSSR count). The molecule has 0 spiro atoms. The molecule has 2 aromatic carbocycles. The van der Waals surface area contributed by atoms with Gasteiger partial charge in [-0.2, -0.15) is 0 Å². The zero-order valence-corrected chi connectivity index (χ0v) is 20.0. The third-order valence-corrected chi connectivity index (χ3v) is 5.57. The maximum Gasteiger partial charge on any atom is 0.261 e. The number of amides is 2. The van der Waals surface area contributed by atoms with Crippen molar-refractivity contribution in [3.8, 4) is 5.75 Å². The second kappa shape index (κ2) is 12.0. The molecule has 7 heteroatoms. The lowest BCUT2D eigenvalue weighted by molar-refractivity contribution is -0.142. The Morgan fingerprint density at radius 1 is 1.06 bits per heavy atom. The summed E-state index contributed by atoms with van der Waals surface area (Å²) >= 11 is 12.3. The first kappa shape index (κ1) is 25.0. The van der Waals surface area contributed by atoms with Gasteiger partial charge in [-0.3, -0.25) is 9.59 Å². The summed E-state index contributed by atoms with van der Waals surface area (Å²) in [6.45, 7) is 8.44. The summed E-state index contributed by atoms with van der Waals surface area (Å²) in [6.07, 6.45) is 0.810. The fourth-order valence-electron chi connectivity index (χ4n) is 2.99.